The van der Waals surface area contributed by atoms with Crippen molar-refractivity contribution in [1.82, 2.24) is 10.2 Å². The summed E-state index contributed by atoms with van der Waals surface area (Å²) in [5, 5.41) is 16.4. The Morgan fingerprint density at radius 1 is 1.36 bits per heavy atom. The highest BCUT2D eigenvalue weighted by atomic mass is 16.5. The summed E-state index contributed by atoms with van der Waals surface area (Å²) in [6.45, 7) is 3.25. The zero-order chi connectivity index (χ0) is 16.3. The van der Waals surface area contributed by atoms with Crippen molar-refractivity contribution in [2.24, 2.45) is 5.92 Å². The van der Waals surface area contributed by atoms with Crippen LogP contribution in [0, 0.1) is 12.8 Å². The Labute approximate surface area is 126 Å². The second-order valence-electron chi connectivity index (χ2n) is 4.90. The van der Waals surface area contributed by atoms with Gasteiger partial charge < -0.3 is 14.3 Å². The van der Waals surface area contributed by atoms with Crippen molar-refractivity contribution in [3.8, 4) is 17.2 Å². The number of hydrogen-bond donors (Lipinski definition) is 1. The molecule has 0 fully saturated rings. The number of Topliss-reactive ketones (excluding diaryl/α,β-unsaturated/α-hetero) is 1. The number of methoxy groups -OCH3 is 1. The lowest BCUT2D eigenvalue weighted by molar-refractivity contribution is -0.137. The van der Waals surface area contributed by atoms with Crippen molar-refractivity contribution in [3.63, 3.8) is 0 Å². The number of carbonyl (C=O) groups excluding carboxylic acids is 1. The number of aryl methyl sites for hydroxylation is 1. The van der Waals surface area contributed by atoms with Gasteiger partial charge in [-0.15, -0.1) is 10.2 Å². The molecule has 0 saturated heterocycles. The van der Waals surface area contributed by atoms with Crippen molar-refractivity contribution in [3.05, 3.63) is 29.7 Å². The summed E-state index contributed by atoms with van der Waals surface area (Å²) in [7, 11) is 1.44. The molecule has 7 heteroatoms. The average molecular weight is 304 g/mol. The Kier molecular flexibility index (Phi) is 4.55. The maximum atomic E-state index is 12.3. The number of rotatable bonds is 6. The molecule has 0 spiro atoms. The van der Waals surface area contributed by atoms with Gasteiger partial charge in [0.05, 0.1) is 19.1 Å². The van der Waals surface area contributed by atoms with E-state index < -0.39 is 11.9 Å². The van der Waals surface area contributed by atoms with Gasteiger partial charge in [-0.3, -0.25) is 9.59 Å². The number of carbonyl (C=O) groups is 2. The van der Waals surface area contributed by atoms with Gasteiger partial charge in [0, 0.05) is 18.4 Å². The van der Waals surface area contributed by atoms with Crippen LogP contribution in [0.25, 0.3) is 11.5 Å². The predicted octanol–water partition coefficient (Wildman–Crippen LogP) is 2.35. The van der Waals surface area contributed by atoms with Gasteiger partial charge in [-0.05, 0) is 18.2 Å². The lowest BCUT2D eigenvalue weighted by Crippen LogP contribution is -2.16. The van der Waals surface area contributed by atoms with Gasteiger partial charge in [0.2, 0.25) is 11.8 Å². The molecule has 0 aliphatic heterocycles. The highest BCUT2D eigenvalue weighted by molar-refractivity contribution is 6.01. The van der Waals surface area contributed by atoms with Crippen LogP contribution in [-0.2, 0) is 4.79 Å². The number of ether oxygens (including phenoxy) is 1. The van der Waals surface area contributed by atoms with Crippen LogP contribution in [0.2, 0.25) is 0 Å². The molecule has 1 aromatic carbocycles. The van der Waals surface area contributed by atoms with Crippen LogP contribution < -0.4 is 4.74 Å². The number of benzene rings is 1. The van der Waals surface area contributed by atoms with Crippen LogP contribution in [0.1, 0.15) is 29.6 Å². The quantitative estimate of drug-likeness (QED) is 0.817. The number of ketones is 1. The Morgan fingerprint density at radius 2 is 2.09 bits per heavy atom. The van der Waals surface area contributed by atoms with E-state index in [1.165, 1.54) is 7.11 Å². The van der Waals surface area contributed by atoms with Crippen molar-refractivity contribution in [2.75, 3.05) is 7.11 Å². The minimum atomic E-state index is -1.02. The van der Waals surface area contributed by atoms with Crippen molar-refractivity contribution < 1.29 is 23.8 Å². The normalized spacial score (nSPS) is 12.0. The van der Waals surface area contributed by atoms with E-state index in [4.69, 9.17) is 14.3 Å². The molecule has 0 radical (unpaired) electrons. The molecular formula is C15H16N2O5. The summed E-state index contributed by atoms with van der Waals surface area (Å²) >= 11 is 0. The maximum absolute atomic E-state index is 12.3. The Balaban J connectivity index is 2.33. The van der Waals surface area contributed by atoms with Gasteiger partial charge in [0.15, 0.2) is 5.78 Å². The van der Waals surface area contributed by atoms with E-state index >= 15 is 0 Å². The fourth-order valence-corrected chi connectivity index (χ4v) is 2.06. The molecule has 0 amide bonds. The first kappa shape index (κ1) is 15.7. The topological polar surface area (TPSA) is 103 Å². The zero-order valence-corrected chi connectivity index (χ0v) is 12.5. The average Bonchev–Trinajstić information content (AvgIpc) is 2.91. The van der Waals surface area contributed by atoms with E-state index in [2.05, 4.69) is 10.2 Å². The fraction of sp³-hybridized carbons (Fsp3) is 0.333. The highest BCUT2D eigenvalue weighted by Gasteiger charge is 2.22. The summed E-state index contributed by atoms with van der Waals surface area (Å²) in [5.41, 5.74) is 0.955. The van der Waals surface area contributed by atoms with Gasteiger partial charge in [-0.1, -0.05) is 6.92 Å². The monoisotopic (exact) mass is 304 g/mol. The highest BCUT2D eigenvalue weighted by Crippen LogP contribution is 2.28. The van der Waals surface area contributed by atoms with Gasteiger partial charge in [0.1, 0.15) is 5.75 Å². The van der Waals surface area contributed by atoms with Crippen LogP contribution in [0.5, 0.6) is 5.75 Å². The Morgan fingerprint density at radius 3 is 2.64 bits per heavy atom. The third-order valence-corrected chi connectivity index (χ3v) is 3.17. The molecule has 0 aliphatic rings. The number of carboxylic acids is 1. The first-order valence-corrected chi connectivity index (χ1v) is 6.67. The Bertz CT molecular complexity index is 708. The van der Waals surface area contributed by atoms with E-state index in [0.29, 0.717) is 28.7 Å². The molecule has 22 heavy (non-hydrogen) atoms. The predicted molar refractivity (Wildman–Crippen MR) is 76.8 cm³/mol. The molecule has 1 unspecified atom stereocenters. The SMILES string of the molecule is COc1cc(-c2nnc(C)o2)ccc1C(=O)C(C)CC(=O)O. The lowest BCUT2D eigenvalue weighted by Gasteiger charge is -2.12. The summed E-state index contributed by atoms with van der Waals surface area (Å²) < 4.78 is 10.6. The molecule has 116 valence electrons. The molecule has 2 rings (SSSR count). The standard InChI is InChI=1S/C15H16N2O5/c1-8(6-13(18)19)14(20)11-5-4-10(7-12(11)21-3)15-17-16-9(2)22-15/h4-5,7-8H,6H2,1-3H3,(H,18,19). The first-order valence-electron chi connectivity index (χ1n) is 6.67. The van der Waals surface area contributed by atoms with Crippen LogP contribution in [0.3, 0.4) is 0 Å². The molecule has 1 heterocycles. The minimum Gasteiger partial charge on any atom is -0.496 e. The largest absolute Gasteiger partial charge is 0.496 e. The number of aromatic nitrogens is 2. The number of hydrogen-bond acceptors (Lipinski definition) is 6. The summed E-state index contributed by atoms with van der Waals surface area (Å²) in [5.74, 6) is -0.832. The number of aliphatic carboxylic acids is 1. The molecule has 1 N–H and O–H groups in total. The maximum Gasteiger partial charge on any atom is 0.304 e. The third kappa shape index (κ3) is 3.30. The van der Waals surface area contributed by atoms with Crippen LogP contribution in [0.4, 0.5) is 0 Å². The van der Waals surface area contributed by atoms with E-state index in [-0.39, 0.29) is 12.2 Å². The Hall–Kier alpha value is -2.70. The molecule has 0 aliphatic carbocycles. The number of nitrogens with zero attached hydrogens (tertiary/aromatic N) is 2. The van der Waals surface area contributed by atoms with E-state index in [1.807, 2.05) is 0 Å². The molecule has 2 aromatic rings. The van der Waals surface area contributed by atoms with Gasteiger partial charge in [-0.2, -0.15) is 0 Å². The van der Waals surface area contributed by atoms with E-state index in [9.17, 15) is 9.59 Å². The van der Waals surface area contributed by atoms with E-state index in [0.717, 1.165) is 0 Å². The van der Waals surface area contributed by atoms with Gasteiger partial charge in [0.25, 0.3) is 0 Å². The van der Waals surface area contributed by atoms with Crippen LogP contribution >= 0.6 is 0 Å². The molecule has 0 saturated carbocycles. The summed E-state index contributed by atoms with van der Waals surface area (Å²) in [6.07, 6.45) is -0.230. The van der Waals surface area contributed by atoms with Crippen LogP contribution in [-0.4, -0.2) is 34.2 Å². The van der Waals surface area contributed by atoms with Crippen molar-refractivity contribution >= 4 is 11.8 Å². The molecule has 7 nitrogen and oxygen atoms in total. The third-order valence-electron chi connectivity index (χ3n) is 3.17. The lowest BCUT2D eigenvalue weighted by atomic mass is 9.95. The minimum absolute atomic E-state index is 0.230. The zero-order valence-electron chi connectivity index (χ0n) is 12.5. The molecule has 1 atom stereocenters. The second-order valence-corrected chi connectivity index (χ2v) is 4.90. The smallest absolute Gasteiger partial charge is 0.304 e. The molecule has 0 bridgehead atoms. The second kappa shape index (κ2) is 6.38. The fourth-order valence-electron chi connectivity index (χ4n) is 2.06. The van der Waals surface area contributed by atoms with Gasteiger partial charge in [-0.25, -0.2) is 0 Å². The summed E-state index contributed by atoms with van der Waals surface area (Å²) in [4.78, 5) is 23.0. The first-order chi connectivity index (χ1) is 10.4. The van der Waals surface area contributed by atoms with Crippen LogP contribution in [0.15, 0.2) is 22.6 Å². The summed E-state index contributed by atoms with van der Waals surface area (Å²) in [6, 6.07) is 4.86. The van der Waals surface area contributed by atoms with Gasteiger partial charge >= 0.3 is 5.97 Å². The molecule has 1 aromatic heterocycles. The molecular weight excluding hydrogens is 288 g/mol. The van der Waals surface area contributed by atoms with Crippen molar-refractivity contribution in [2.45, 2.75) is 20.3 Å². The van der Waals surface area contributed by atoms with Crippen molar-refractivity contribution in [1.29, 1.82) is 0 Å². The number of carboxylic acid groups (broad SMARTS) is 1. The van der Waals surface area contributed by atoms with E-state index in [1.54, 1.807) is 32.0 Å².